The van der Waals surface area contributed by atoms with E-state index in [1.54, 1.807) is 0 Å². The normalized spacial score (nSPS) is 25.4. The Labute approximate surface area is 111 Å². The molecule has 1 saturated heterocycles. The van der Waals surface area contributed by atoms with Crippen LogP contribution in [0.2, 0.25) is 0 Å². The maximum atomic E-state index is 3.67. The molecule has 100 valence electrons. The minimum atomic E-state index is 0.613. The summed E-state index contributed by atoms with van der Waals surface area (Å²) in [7, 11) is 2.22. The van der Waals surface area contributed by atoms with Gasteiger partial charge in [0.25, 0.3) is 0 Å². The molecular weight excluding hydrogens is 220 g/mol. The molecule has 0 bridgehead atoms. The second-order valence-electron chi connectivity index (χ2n) is 5.97. The maximum absolute atomic E-state index is 3.67. The van der Waals surface area contributed by atoms with Crippen molar-refractivity contribution in [1.82, 2.24) is 4.90 Å². The van der Waals surface area contributed by atoms with Gasteiger partial charge < -0.3 is 10.2 Å². The predicted molar refractivity (Wildman–Crippen MR) is 79.3 cm³/mol. The first-order valence-corrected chi connectivity index (χ1v) is 7.13. The average Bonchev–Trinajstić information content (AvgIpc) is 2.34. The summed E-state index contributed by atoms with van der Waals surface area (Å²) in [6.45, 7) is 7.99. The van der Waals surface area contributed by atoms with E-state index in [0.29, 0.717) is 18.0 Å². The van der Waals surface area contributed by atoms with E-state index in [4.69, 9.17) is 0 Å². The lowest BCUT2D eigenvalue weighted by Gasteiger charge is -2.35. The summed E-state index contributed by atoms with van der Waals surface area (Å²) in [5.74, 6) is 0.613. The van der Waals surface area contributed by atoms with Crippen molar-refractivity contribution in [2.75, 3.05) is 18.9 Å². The van der Waals surface area contributed by atoms with Crippen LogP contribution in [0.4, 0.5) is 5.69 Å². The van der Waals surface area contributed by atoms with Crippen LogP contribution in [0.15, 0.2) is 24.3 Å². The van der Waals surface area contributed by atoms with Gasteiger partial charge in [0.2, 0.25) is 0 Å². The van der Waals surface area contributed by atoms with Gasteiger partial charge in [0.15, 0.2) is 0 Å². The van der Waals surface area contributed by atoms with Crippen molar-refractivity contribution in [3.8, 4) is 0 Å². The Morgan fingerprint density at radius 1 is 1.22 bits per heavy atom. The van der Waals surface area contributed by atoms with Crippen molar-refractivity contribution in [3.05, 3.63) is 29.8 Å². The number of piperidine rings is 1. The number of anilines is 1. The molecular formula is C16H26N2. The van der Waals surface area contributed by atoms with Crippen molar-refractivity contribution in [2.24, 2.45) is 0 Å². The summed E-state index contributed by atoms with van der Waals surface area (Å²) in [6, 6.07) is 10.2. The molecule has 1 heterocycles. The first kappa shape index (κ1) is 13.4. The average molecular weight is 246 g/mol. The van der Waals surface area contributed by atoms with Crippen LogP contribution in [-0.2, 0) is 0 Å². The van der Waals surface area contributed by atoms with E-state index in [9.17, 15) is 0 Å². The molecule has 0 spiro atoms. The monoisotopic (exact) mass is 246 g/mol. The van der Waals surface area contributed by atoms with Crippen molar-refractivity contribution in [1.29, 1.82) is 0 Å². The van der Waals surface area contributed by atoms with Gasteiger partial charge in [-0.1, -0.05) is 26.0 Å². The third kappa shape index (κ3) is 3.26. The number of nitrogens with zero attached hydrogens (tertiary/aromatic N) is 1. The molecule has 2 atom stereocenters. The molecule has 2 rings (SSSR count). The second kappa shape index (κ2) is 5.75. The number of hydrogen-bond donors (Lipinski definition) is 1. The van der Waals surface area contributed by atoms with E-state index in [1.807, 2.05) is 0 Å². The van der Waals surface area contributed by atoms with Crippen LogP contribution >= 0.6 is 0 Å². The fourth-order valence-corrected chi connectivity index (χ4v) is 2.62. The highest BCUT2D eigenvalue weighted by atomic mass is 15.1. The van der Waals surface area contributed by atoms with Gasteiger partial charge in [-0.3, -0.25) is 0 Å². The van der Waals surface area contributed by atoms with Crippen LogP contribution in [0.3, 0.4) is 0 Å². The van der Waals surface area contributed by atoms with E-state index in [-0.39, 0.29) is 0 Å². The van der Waals surface area contributed by atoms with Crippen molar-refractivity contribution >= 4 is 5.69 Å². The van der Waals surface area contributed by atoms with E-state index in [2.05, 4.69) is 62.3 Å². The smallest absolute Gasteiger partial charge is 0.0342 e. The standard InChI is InChI=1S/C16H26N2/c1-12(2)14-5-7-15(8-6-14)17-16-9-10-18(4)13(3)11-16/h5-8,12-13,16-17H,9-11H2,1-4H3. The lowest BCUT2D eigenvalue weighted by Crippen LogP contribution is -2.42. The summed E-state index contributed by atoms with van der Waals surface area (Å²) >= 11 is 0. The van der Waals surface area contributed by atoms with Gasteiger partial charge in [-0.05, 0) is 50.4 Å². The molecule has 0 saturated carbocycles. The highest BCUT2D eigenvalue weighted by molar-refractivity contribution is 5.46. The predicted octanol–water partition coefficient (Wildman–Crippen LogP) is 3.70. The fourth-order valence-electron chi connectivity index (χ4n) is 2.62. The van der Waals surface area contributed by atoms with Crippen LogP contribution in [0, 0.1) is 0 Å². The van der Waals surface area contributed by atoms with Crippen LogP contribution in [0.5, 0.6) is 0 Å². The number of nitrogens with one attached hydrogen (secondary N) is 1. The van der Waals surface area contributed by atoms with Crippen molar-refractivity contribution < 1.29 is 0 Å². The quantitative estimate of drug-likeness (QED) is 0.874. The number of likely N-dealkylation sites (tertiary alicyclic amines) is 1. The van der Waals surface area contributed by atoms with Gasteiger partial charge in [0.05, 0.1) is 0 Å². The maximum Gasteiger partial charge on any atom is 0.0342 e. The first-order valence-electron chi connectivity index (χ1n) is 7.13. The third-order valence-corrected chi connectivity index (χ3v) is 4.16. The minimum absolute atomic E-state index is 0.613. The zero-order valence-corrected chi connectivity index (χ0v) is 12.1. The molecule has 1 aromatic carbocycles. The van der Waals surface area contributed by atoms with Gasteiger partial charge in [-0.2, -0.15) is 0 Å². The van der Waals surface area contributed by atoms with Crippen molar-refractivity contribution in [2.45, 2.75) is 51.6 Å². The number of benzene rings is 1. The highest BCUT2D eigenvalue weighted by Gasteiger charge is 2.22. The molecule has 2 unspecified atom stereocenters. The highest BCUT2D eigenvalue weighted by Crippen LogP contribution is 2.22. The molecule has 2 nitrogen and oxygen atoms in total. The van der Waals surface area contributed by atoms with E-state index < -0.39 is 0 Å². The summed E-state index contributed by atoms with van der Waals surface area (Å²) in [6.07, 6.45) is 2.48. The summed E-state index contributed by atoms with van der Waals surface area (Å²) in [5.41, 5.74) is 2.68. The fraction of sp³-hybridized carbons (Fsp3) is 0.625. The van der Waals surface area contributed by atoms with Gasteiger partial charge in [0, 0.05) is 24.3 Å². The molecule has 1 N–H and O–H groups in total. The summed E-state index contributed by atoms with van der Waals surface area (Å²) in [5, 5.41) is 3.67. The Morgan fingerprint density at radius 3 is 2.44 bits per heavy atom. The van der Waals surface area contributed by atoms with Crippen LogP contribution in [-0.4, -0.2) is 30.6 Å². The van der Waals surface area contributed by atoms with Gasteiger partial charge >= 0.3 is 0 Å². The second-order valence-corrected chi connectivity index (χ2v) is 5.97. The van der Waals surface area contributed by atoms with Crippen LogP contribution < -0.4 is 5.32 Å². The van der Waals surface area contributed by atoms with Crippen molar-refractivity contribution in [3.63, 3.8) is 0 Å². The SMILES string of the molecule is CC(C)c1ccc(NC2CCN(C)C(C)C2)cc1. The molecule has 1 aliphatic rings. The van der Waals surface area contributed by atoms with Crippen LogP contribution in [0.1, 0.15) is 45.1 Å². The van der Waals surface area contributed by atoms with E-state index in [0.717, 1.165) is 0 Å². The topological polar surface area (TPSA) is 15.3 Å². The molecule has 0 radical (unpaired) electrons. The molecule has 0 aromatic heterocycles. The molecule has 1 aromatic rings. The summed E-state index contributed by atoms with van der Waals surface area (Å²) < 4.78 is 0. The molecule has 2 heteroatoms. The molecule has 1 fully saturated rings. The van der Waals surface area contributed by atoms with E-state index >= 15 is 0 Å². The Hall–Kier alpha value is -1.02. The largest absolute Gasteiger partial charge is 0.382 e. The Kier molecular flexibility index (Phi) is 4.28. The minimum Gasteiger partial charge on any atom is -0.382 e. The molecule has 1 aliphatic heterocycles. The zero-order chi connectivity index (χ0) is 13.1. The zero-order valence-electron chi connectivity index (χ0n) is 12.1. The lowest BCUT2D eigenvalue weighted by molar-refractivity contribution is 0.190. The van der Waals surface area contributed by atoms with Gasteiger partial charge in [-0.15, -0.1) is 0 Å². The van der Waals surface area contributed by atoms with Gasteiger partial charge in [-0.25, -0.2) is 0 Å². The lowest BCUT2D eigenvalue weighted by atomic mass is 9.98. The summed E-state index contributed by atoms with van der Waals surface area (Å²) in [4.78, 5) is 2.44. The number of hydrogen-bond acceptors (Lipinski definition) is 2. The molecule has 0 amide bonds. The Morgan fingerprint density at radius 2 is 1.89 bits per heavy atom. The van der Waals surface area contributed by atoms with E-state index in [1.165, 1.54) is 30.6 Å². The van der Waals surface area contributed by atoms with Crippen LogP contribution in [0.25, 0.3) is 0 Å². The van der Waals surface area contributed by atoms with Gasteiger partial charge in [0.1, 0.15) is 0 Å². The first-order chi connectivity index (χ1) is 8.56. The number of rotatable bonds is 3. The third-order valence-electron chi connectivity index (χ3n) is 4.16. The Balaban J connectivity index is 1.93. The Bertz CT molecular complexity index is 369. The molecule has 18 heavy (non-hydrogen) atoms. The molecule has 0 aliphatic carbocycles.